The quantitative estimate of drug-likeness (QED) is 0.227. The van der Waals surface area contributed by atoms with Gasteiger partial charge in [-0.15, -0.1) is 0 Å². The van der Waals surface area contributed by atoms with E-state index in [9.17, 15) is 35.7 Å². The Kier molecular flexibility index (Phi) is 8.89. The lowest BCUT2D eigenvalue weighted by Crippen LogP contribution is -2.61. The van der Waals surface area contributed by atoms with Gasteiger partial charge in [0.25, 0.3) is 0 Å². The van der Waals surface area contributed by atoms with E-state index in [1.165, 1.54) is 0 Å². The van der Waals surface area contributed by atoms with Crippen LogP contribution in [0.1, 0.15) is 40.0 Å². The van der Waals surface area contributed by atoms with Crippen molar-refractivity contribution in [3.8, 4) is 0 Å². The van der Waals surface area contributed by atoms with Gasteiger partial charge < -0.3 is 54.7 Å². The van der Waals surface area contributed by atoms with Gasteiger partial charge in [-0.3, -0.25) is 0 Å². The first-order valence-corrected chi connectivity index (χ1v) is 11.4. The number of hydrogen-bond donors (Lipinski definition) is 7. The van der Waals surface area contributed by atoms with Crippen molar-refractivity contribution < 1.29 is 54.7 Å². The minimum atomic E-state index is -1.50. The molecule has 188 valence electrons. The third kappa shape index (κ3) is 5.28. The zero-order valence-corrected chi connectivity index (χ0v) is 18.7. The van der Waals surface area contributed by atoms with Gasteiger partial charge in [0.05, 0.1) is 31.0 Å². The van der Waals surface area contributed by atoms with E-state index < -0.39 is 80.2 Å². The molecule has 11 heteroatoms. The highest BCUT2D eigenvalue weighted by molar-refractivity contribution is 4.95. The Balaban J connectivity index is 1.70. The molecule has 3 fully saturated rings. The van der Waals surface area contributed by atoms with Crippen molar-refractivity contribution in [1.29, 1.82) is 0 Å². The fourth-order valence-electron chi connectivity index (χ4n) is 4.97. The third-order valence-corrected chi connectivity index (χ3v) is 6.91. The summed E-state index contributed by atoms with van der Waals surface area (Å²) in [5.41, 5.74) is 0. The maximum atomic E-state index is 11.1. The Morgan fingerprint density at radius 2 is 1.25 bits per heavy atom. The van der Waals surface area contributed by atoms with E-state index in [1.54, 1.807) is 6.92 Å². The number of aliphatic hydroxyl groups is 7. The Morgan fingerprint density at radius 3 is 1.81 bits per heavy atom. The van der Waals surface area contributed by atoms with Crippen LogP contribution in [-0.4, -0.2) is 116 Å². The molecular formula is C21H38O11. The number of hydrogen-bond acceptors (Lipinski definition) is 11. The fourth-order valence-corrected chi connectivity index (χ4v) is 4.97. The lowest BCUT2D eigenvalue weighted by atomic mass is 9.77. The summed E-state index contributed by atoms with van der Waals surface area (Å²) >= 11 is 0. The van der Waals surface area contributed by atoms with E-state index >= 15 is 0 Å². The van der Waals surface area contributed by atoms with Crippen LogP contribution >= 0.6 is 0 Å². The van der Waals surface area contributed by atoms with Gasteiger partial charge in [-0.05, 0) is 24.7 Å². The smallest absolute Gasteiger partial charge is 0.186 e. The third-order valence-electron chi connectivity index (χ3n) is 6.91. The van der Waals surface area contributed by atoms with Crippen LogP contribution in [0.25, 0.3) is 0 Å². The van der Waals surface area contributed by atoms with Gasteiger partial charge in [0.15, 0.2) is 12.6 Å². The SMILES string of the molecule is CCC1OC(OC2C(C)CC(C)C(OC3OC(CO)C(O)CC3O)C2O)C(O)C(O)C1O. The Morgan fingerprint density at radius 1 is 0.688 bits per heavy atom. The minimum Gasteiger partial charge on any atom is -0.394 e. The maximum absolute atomic E-state index is 11.1. The van der Waals surface area contributed by atoms with E-state index in [4.69, 9.17) is 18.9 Å². The van der Waals surface area contributed by atoms with Gasteiger partial charge >= 0.3 is 0 Å². The first kappa shape index (κ1) is 26.2. The first-order chi connectivity index (χ1) is 15.1. The zero-order valence-electron chi connectivity index (χ0n) is 18.7. The highest BCUT2D eigenvalue weighted by Crippen LogP contribution is 2.37. The van der Waals surface area contributed by atoms with Crippen LogP contribution in [0.15, 0.2) is 0 Å². The van der Waals surface area contributed by atoms with Gasteiger partial charge in [-0.25, -0.2) is 0 Å². The molecule has 7 N–H and O–H groups in total. The zero-order chi connectivity index (χ0) is 23.7. The Hall–Kier alpha value is -0.440. The van der Waals surface area contributed by atoms with Crippen LogP contribution in [0, 0.1) is 11.8 Å². The molecule has 3 rings (SSSR count). The molecule has 2 heterocycles. The van der Waals surface area contributed by atoms with Gasteiger partial charge in [0.1, 0.15) is 36.6 Å². The molecule has 0 aromatic heterocycles. The summed E-state index contributed by atoms with van der Waals surface area (Å²) < 4.78 is 23.0. The predicted molar refractivity (Wildman–Crippen MR) is 108 cm³/mol. The molecule has 32 heavy (non-hydrogen) atoms. The molecule has 0 aromatic carbocycles. The summed E-state index contributed by atoms with van der Waals surface area (Å²) in [4.78, 5) is 0. The van der Waals surface area contributed by atoms with Crippen LogP contribution in [0.4, 0.5) is 0 Å². The minimum absolute atomic E-state index is 0.0376. The number of aliphatic hydroxyl groups excluding tert-OH is 7. The molecule has 3 aliphatic rings. The number of ether oxygens (including phenoxy) is 4. The molecule has 14 atom stereocenters. The Bertz CT molecular complexity index is 592. The van der Waals surface area contributed by atoms with E-state index in [0.717, 1.165) is 0 Å². The monoisotopic (exact) mass is 466 g/mol. The molecule has 0 aromatic rings. The molecule has 1 saturated carbocycles. The van der Waals surface area contributed by atoms with Crippen molar-refractivity contribution in [1.82, 2.24) is 0 Å². The van der Waals surface area contributed by atoms with Crippen molar-refractivity contribution in [3.63, 3.8) is 0 Å². The summed E-state index contributed by atoms with van der Waals surface area (Å²) in [6, 6.07) is 0. The summed E-state index contributed by atoms with van der Waals surface area (Å²) in [6.45, 7) is 5.09. The molecule has 0 amide bonds. The molecule has 0 bridgehead atoms. The molecule has 11 nitrogen and oxygen atoms in total. The van der Waals surface area contributed by atoms with Crippen molar-refractivity contribution in [3.05, 3.63) is 0 Å². The first-order valence-electron chi connectivity index (χ1n) is 11.4. The molecule has 0 radical (unpaired) electrons. The standard InChI is InChI=1S/C21H38O11/c1-4-12-14(25)15(26)16(27)21(29-12)32-19-9(3)5-8(2)18(17(19)28)31-20-11(24)6-10(23)13(7-22)30-20/h8-28H,4-7H2,1-3H3. The normalized spacial score (nSPS) is 52.7. The summed E-state index contributed by atoms with van der Waals surface area (Å²) in [7, 11) is 0. The molecule has 1 aliphatic carbocycles. The van der Waals surface area contributed by atoms with E-state index in [2.05, 4.69) is 0 Å². The molecule has 2 aliphatic heterocycles. The molecule has 0 spiro atoms. The average Bonchev–Trinajstić information content (AvgIpc) is 2.75. The largest absolute Gasteiger partial charge is 0.394 e. The van der Waals surface area contributed by atoms with Crippen LogP contribution in [0.3, 0.4) is 0 Å². The molecular weight excluding hydrogens is 428 g/mol. The van der Waals surface area contributed by atoms with Crippen LogP contribution < -0.4 is 0 Å². The number of rotatable bonds is 6. The lowest BCUT2D eigenvalue weighted by molar-refractivity contribution is -0.338. The van der Waals surface area contributed by atoms with Crippen LogP contribution in [0.2, 0.25) is 0 Å². The van der Waals surface area contributed by atoms with Crippen molar-refractivity contribution in [2.24, 2.45) is 11.8 Å². The Labute approximate surface area is 187 Å². The maximum Gasteiger partial charge on any atom is 0.186 e. The van der Waals surface area contributed by atoms with E-state index in [-0.39, 0.29) is 18.3 Å². The van der Waals surface area contributed by atoms with Gasteiger partial charge in [-0.1, -0.05) is 20.8 Å². The highest BCUT2D eigenvalue weighted by Gasteiger charge is 2.50. The van der Waals surface area contributed by atoms with Gasteiger partial charge in [0, 0.05) is 6.42 Å². The van der Waals surface area contributed by atoms with Crippen molar-refractivity contribution in [2.75, 3.05) is 6.61 Å². The van der Waals surface area contributed by atoms with Crippen LogP contribution in [-0.2, 0) is 18.9 Å². The summed E-state index contributed by atoms with van der Waals surface area (Å²) in [5, 5.41) is 71.2. The van der Waals surface area contributed by atoms with Crippen molar-refractivity contribution in [2.45, 2.75) is 114 Å². The predicted octanol–water partition coefficient (Wildman–Crippen LogP) is -2.16. The summed E-state index contributed by atoms with van der Waals surface area (Å²) in [6.07, 6.45) is -12.3. The lowest BCUT2D eigenvalue weighted by Gasteiger charge is -2.48. The fraction of sp³-hybridized carbons (Fsp3) is 1.00. The van der Waals surface area contributed by atoms with Gasteiger partial charge in [0.2, 0.25) is 0 Å². The van der Waals surface area contributed by atoms with Crippen LogP contribution in [0.5, 0.6) is 0 Å². The second-order valence-corrected chi connectivity index (χ2v) is 9.40. The van der Waals surface area contributed by atoms with Gasteiger partial charge in [-0.2, -0.15) is 0 Å². The highest BCUT2D eigenvalue weighted by atomic mass is 16.7. The van der Waals surface area contributed by atoms with E-state index in [1.807, 2.05) is 13.8 Å². The second kappa shape index (κ2) is 10.9. The molecule has 14 unspecified atom stereocenters. The molecule has 2 saturated heterocycles. The summed E-state index contributed by atoms with van der Waals surface area (Å²) in [5.74, 6) is -0.285. The second-order valence-electron chi connectivity index (χ2n) is 9.40. The topological polar surface area (TPSA) is 179 Å². The average molecular weight is 467 g/mol. The van der Waals surface area contributed by atoms with E-state index in [0.29, 0.717) is 12.8 Å². The van der Waals surface area contributed by atoms with Crippen molar-refractivity contribution >= 4 is 0 Å².